The van der Waals surface area contributed by atoms with Gasteiger partial charge in [-0.15, -0.1) is 0 Å². The van der Waals surface area contributed by atoms with Gasteiger partial charge in [0.15, 0.2) is 0 Å². The Kier molecular flexibility index (Phi) is 20.8. The van der Waals surface area contributed by atoms with Crippen LogP contribution in [0.3, 0.4) is 0 Å². The molecule has 0 fully saturated rings. The molecule has 0 spiro atoms. The number of hydrogen-bond acceptors (Lipinski definition) is 5. The number of primary amides is 1. The number of aliphatic hydroxyl groups is 1. The SMILES string of the molecule is CCCCCCCCCCCCCCCCCCN(C(=O)[C@@H](N)CO)[C@H](CCC(N)=O)C(=O)O. The van der Waals surface area contributed by atoms with Crippen LogP contribution in [-0.4, -0.2) is 58.1 Å². The average molecular weight is 486 g/mol. The number of amides is 2. The van der Waals surface area contributed by atoms with Crippen molar-refractivity contribution in [1.82, 2.24) is 4.90 Å². The number of nitrogens with two attached hydrogens (primary N) is 2. The maximum atomic E-state index is 12.5. The Morgan fingerprint density at radius 2 is 1.18 bits per heavy atom. The van der Waals surface area contributed by atoms with Gasteiger partial charge in [0.25, 0.3) is 0 Å². The molecule has 200 valence electrons. The van der Waals surface area contributed by atoms with Crippen molar-refractivity contribution in [2.75, 3.05) is 13.2 Å². The minimum Gasteiger partial charge on any atom is -0.480 e. The molecule has 0 aromatic carbocycles. The second-order valence-corrected chi connectivity index (χ2v) is 9.48. The first-order valence-corrected chi connectivity index (χ1v) is 13.5. The van der Waals surface area contributed by atoms with Gasteiger partial charge in [0.1, 0.15) is 12.1 Å². The Morgan fingerprint density at radius 3 is 1.53 bits per heavy atom. The van der Waals surface area contributed by atoms with E-state index in [1.54, 1.807) is 0 Å². The highest BCUT2D eigenvalue weighted by Crippen LogP contribution is 2.15. The summed E-state index contributed by atoms with van der Waals surface area (Å²) in [7, 11) is 0. The fraction of sp³-hybridized carbons (Fsp3) is 0.885. The minimum atomic E-state index is -1.20. The highest BCUT2D eigenvalue weighted by atomic mass is 16.4. The molecule has 0 heterocycles. The number of unbranched alkanes of at least 4 members (excludes halogenated alkanes) is 15. The monoisotopic (exact) mass is 485 g/mol. The number of rotatable bonds is 24. The summed E-state index contributed by atoms with van der Waals surface area (Å²) in [6.45, 7) is 1.93. The predicted octanol–water partition coefficient (Wildman–Crippen LogP) is 4.11. The second kappa shape index (κ2) is 21.8. The van der Waals surface area contributed by atoms with Gasteiger partial charge in [-0.3, -0.25) is 9.59 Å². The topological polar surface area (TPSA) is 147 Å². The fourth-order valence-electron chi connectivity index (χ4n) is 4.23. The maximum absolute atomic E-state index is 12.5. The van der Waals surface area contributed by atoms with Gasteiger partial charge in [-0.05, 0) is 12.8 Å². The summed E-state index contributed by atoms with van der Waals surface area (Å²) in [5.41, 5.74) is 10.8. The molecule has 0 saturated heterocycles. The van der Waals surface area contributed by atoms with Crippen molar-refractivity contribution in [3.63, 3.8) is 0 Å². The van der Waals surface area contributed by atoms with Crippen LogP contribution in [-0.2, 0) is 14.4 Å². The molecule has 0 rings (SSSR count). The molecule has 8 nitrogen and oxygen atoms in total. The van der Waals surface area contributed by atoms with E-state index in [2.05, 4.69) is 6.92 Å². The van der Waals surface area contributed by atoms with Crippen LogP contribution in [0.2, 0.25) is 0 Å². The number of nitrogens with zero attached hydrogens (tertiary/aromatic N) is 1. The Morgan fingerprint density at radius 1 is 0.765 bits per heavy atom. The molecular formula is C26H51N3O5. The van der Waals surface area contributed by atoms with Gasteiger partial charge in [0.05, 0.1) is 6.61 Å². The molecule has 2 amide bonds. The Bertz CT molecular complexity index is 545. The highest BCUT2D eigenvalue weighted by Gasteiger charge is 2.32. The van der Waals surface area contributed by atoms with Gasteiger partial charge in [0.2, 0.25) is 11.8 Å². The number of carbonyl (C=O) groups is 3. The summed E-state index contributed by atoms with van der Waals surface area (Å²) < 4.78 is 0. The third kappa shape index (κ3) is 16.9. The van der Waals surface area contributed by atoms with Crippen LogP contribution in [0.25, 0.3) is 0 Å². The van der Waals surface area contributed by atoms with E-state index >= 15 is 0 Å². The summed E-state index contributed by atoms with van der Waals surface area (Å²) in [6, 6.07) is -2.34. The number of carboxylic acids is 1. The van der Waals surface area contributed by atoms with Crippen LogP contribution in [0, 0.1) is 0 Å². The molecule has 0 radical (unpaired) electrons. The molecule has 0 aliphatic heterocycles. The molecule has 2 atom stereocenters. The molecule has 0 unspecified atom stereocenters. The molecule has 34 heavy (non-hydrogen) atoms. The quantitative estimate of drug-likeness (QED) is 0.151. The molecule has 0 aliphatic carbocycles. The molecule has 0 aliphatic rings. The van der Waals surface area contributed by atoms with Crippen LogP contribution >= 0.6 is 0 Å². The number of hydrogen-bond donors (Lipinski definition) is 4. The molecule has 8 heteroatoms. The zero-order chi connectivity index (χ0) is 25.6. The van der Waals surface area contributed by atoms with Gasteiger partial charge in [-0.1, -0.05) is 103 Å². The molecule has 0 aromatic heterocycles. The summed E-state index contributed by atoms with van der Waals surface area (Å²) in [4.78, 5) is 36.5. The summed E-state index contributed by atoms with van der Waals surface area (Å²) in [5.74, 6) is -2.43. The third-order valence-corrected chi connectivity index (χ3v) is 6.37. The highest BCUT2D eigenvalue weighted by molar-refractivity contribution is 5.87. The van der Waals surface area contributed by atoms with Crippen molar-refractivity contribution in [1.29, 1.82) is 0 Å². The summed E-state index contributed by atoms with van der Waals surface area (Å²) >= 11 is 0. The van der Waals surface area contributed by atoms with Crippen molar-refractivity contribution in [3.05, 3.63) is 0 Å². The third-order valence-electron chi connectivity index (χ3n) is 6.37. The lowest BCUT2D eigenvalue weighted by atomic mass is 10.0. The van der Waals surface area contributed by atoms with Crippen molar-refractivity contribution in [2.45, 2.75) is 135 Å². The fourth-order valence-corrected chi connectivity index (χ4v) is 4.23. The smallest absolute Gasteiger partial charge is 0.326 e. The van der Waals surface area contributed by atoms with Gasteiger partial charge in [0, 0.05) is 13.0 Å². The van der Waals surface area contributed by atoms with E-state index in [9.17, 15) is 24.6 Å². The van der Waals surface area contributed by atoms with Gasteiger partial charge in [-0.2, -0.15) is 0 Å². The van der Waals surface area contributed by atoms with Crippen LogP contribution in [0.4, 0.5) is 0 Å². The first kappa shape index (κ1) is 32.3. The maximum Gasteiger partial charge on any atom is 0.326 e. The normalized spacial score (nSPS) is 12.9. The molecule has 0 bridgehead atoms. The van der Waals surface area contributed by atoms with E-state index < -0.39 is 36.5 Å². The number of carbonyl (C=O) groups excluding carboxylic acids is 2. The van der Waals surface area contributed by atoms with Crippen LogP contribution in [0.15, 0.2) is 0 Å². The van der Waals surface area contributed by atoms with Gasteiger partial charge >= 0.3 is 5.97 Å². The van der Waals surface area contributed by atoms with E-state index in [4.69, 9.17) is 11.5 Å². The zero-order valence-electron chi connectivity index (χ0n) is 21.5. The Hall–Kier alpha value is -1.67. The molecule has 0 aromatic rings. The first-order chi connectivity index (χ1) is 16.3. The van der Waals surface area contributed by atoms with Crippen LogP contribution < -0.4 is 11.5 Å². The summed E-state index contributed by atoms with van der Waals surface area (Å²) in [6.07, 6.45) is 19.5. The van der Waals surface area contributed by atoms with E-state index in [0.29, 0.717) is 6.42 Å². The van der Waals surface area contributed by atoms with E-state index in [1.165, 1.54) is 81.9 Å². The number of aliphatic hydroxyl groups excluding tert-OH is 1. The zero-order valence-corrected chi connectivity index (χ0v) is 21.5. The largest absolute Gasteiger partial charge is 0.480 e. The standard InChI is InChI=1S/C26H51N3O5/c1-2-3-4-5-6-7-8-9-10-11-12-13-14-15-16-17-20-29(25(32)22(27)21-30)23(26(33)34)18-19-24(28)31/h22-23,30H,2-21,27H2,1H3,(H2,28,31)(H,33,34)/t22-,23+/m0/s1. The van der Waals surface area contributed by atoms with Crippen molar-refractivity contribution >= 4 is 17.8 Å². The van der Waals surface area contributed by atoms with Crippen LogP contribution in [0.5, 0.6) is 0 Å². The Labute approximate surface area is 206 Å². The predicted molar refractivity (Wildman–Crippen MR) is 136 cm³/mol. The lowest BCUT2D eigenvalue weighted by Crippen LogP contribution is -2.53. The van der Waals surface area contributed by atoms with Crippen molar-refractivity contribution in [3.8, 4) is 0 Å². The van der Waals surface area contributed by atoms with E-state index in [-0.39, 0.29) is 19.4 Å². The lowest BCUT2D eigenvalue weighted by Gasteiger charge is -2.30. The van der Waals surface area contributed by atoms with Crippen LogP contribution in [0.1, 0.15) is 122 Å². The number of carboxylic acid groups (broad SMARTS) is 1. The minimum absolute atomic E-state index is 0.0621. The first-order valence-electron chi connectivity index (χ1n) is 13.5. The van der Waals surface area contributed by atoms with Gasteiger partial charge in [-0.25, -0.2) is 4.79 Å². The number of aliphatic carboxylic acids is 1. The average Bonchev–Trinajstić information content (AvgIpc) is 2.81. The summed E-state index contributed by atoms with van der Waals surface area (Å²) in [5, 5.41) is 18.8. The van der Waals surface area contributed by atoms with Crippen molar-refractivity contribution in [2.24, 2.45) is 11.5 Å². The second-order valence-electron chi connectivity index (χ2n) is 9.48. The molecule has 0 saturated carbocycles. The van der Waals surface area contributed by atoms with Crippen molar-refractivity contribution < 1.29 is 24.6 Å². The van der Waals surface area contributed by atoms with Gasteiger partial charge < -0.3 is 26.6 Å². The van der Waals surface area contributed by atoms with E-state index in [1.807, 2.05) is 0 Å². The lowest BCUT2D eigenvalue weighted by molar-refractivity contribution is -0.151. The van der Waals surface area contributed by atoms with E-state index in [0.717, 1.165) is 19.3 Å². The molecule has 6 N–H and O–H groups in total. The Balaban J connectivity index is 4.05. The molecular weight excluding hydrogens is 434 g/mol.